The van der Waals surface area contributed by atoms with Crippen LogP contribution in [-0.2, 0) is 4.79 Å². The molecule has 0 aliphatic carbocycles. The first kappa shape index (κ1) is 16.3. The van der Waals surface area contributed by atoms with Gasteiger partial charge in [-0.15, -0.1) is 0 Å². The molecule has 0 bridgehead atoms. The molecule has 4 rings (SSSR count). The molecule has 7 heteroatoms. The predicted molar refractivity (Wildman–Crippen MR) is 99.7 cm³/mol. The fraction of sp³-hybridized carbons (Fsp3) is 0. The van der Waals surface area contributed by atoms with E-state index in [-0.39, 0.29) is 11.7 Å². The molecular weight excluding hydrogens is 355 g/mol. The van der Waals surface area contributed by atoms with E-state index in [0.29, 0.717) is 21.3 Å². The number of thioether (sulfide) groups is 1. The standard InChI is InChI=1S/C19H11FN2O3S/c20-13-4-1-11(2-5-13)9-16-18(24)22-19(26-16)21-14-6-7-15-12(10-14)3-8-17(23)25-15/h1-10H,(H,21,22,24)/b16-9+. The van der Waals surface area contributed by atoms with Crippen molar-refractivity contribution >= 4 is 45.6 Å². The summed E-state index contributed by atoms with van der Waals surface area (Å²) in [7, 11) is 0. The van der Waals surface area contributed by atoms with Gasteiger partial charge in [0.25, 0.3) is 5.91 Å². The molecule has 0 saturated carbocycles. The van der Waals surface area contributed by atoms with E-state index in [2.05, 4.69) is 10.3 Å². The Hall–Kier alpha value is -3.19. The van der Waals surface area contributed by atoms with Gasteiger partial charge in [-0.2, -0.15) is 0 Å². The number of fused-ring (bicyclic) bond motifs is 1. The van der Waals surface area contributed by atoms with Gasteiger partial charge in [0.05, 0.1) is 10.6 Å². The van der Waals surface area contributed by atoms with E-state index in [1.807, 2.05) is 0 Å². The maximum Gasteiger partial charge on any atom is 0.336 e. The number of nitrogens with zero attached hydrogens (tertiary/aromatic N) is 1. The highest BCUT2D eigenvalue weighted by molar-refractivity contribution is 8.18. The first-order valence-corrected chi connectivity index (χ1v) is 8.47. The SMILES string of the molecule is O=C1NC(=Nc2ccc3oc(=O)ccc3c2)S/C1=C/c1ccc(F)cc1. The molecule has 0 atom stereocenters. The fourth-order valence-electron chi connectivity index (χ4n) is 2.44. The Labute approximate surface area is 151 Å². The first-order valence-electron chi connectivity index (χ1n) is 7.66. The molecule has 0 spiro atoms. The van der Waals surface area contributed by atoms with Gasteiger partial charge in [-0.25, -0.2) is 14.2 Å². The number of benzene rings is 2. The summed E-state index contributed by atoms with van der Waals surface area (Å²) in [5, 5.41) is 3.88. The Morgan fingerprint density at radius 1 is 1.04 bits per heavy atom. The van der Waals surface area contributed by atoms with Gasteiger partial charge in [-0.05, 0) is 59.8 Å². The fourth-order valence-corrected chi connectivity index (χ4v) is 3.28. The molecule has 5 nitrogen and oxygen atoms in total. The molecule has 1 aliphatic heterocycles. The molecule has 1 N–H and O–H groups in total. The van der Waals surface area contributed by atoms with Crippen molar-refractivity contribution in [2.24, 2.45) is 4.99 Å². The van der Waals surface area contributed by atoms with Crippen LogP contribution < -0.4 is 10.9 Å². The minimum absolute atomic E-state index is 0.259. The molecule has 0 radical (unpaired) electrons. The number of amidine groups is 1. The maximum absolute atomic E-state index is 13.0. The molecule has 128 valence electrons. The second-order valence-corrected chi connectivity index (χ2v) is 6.54. The minimum Gasteiger partial charge on any atom is -0.423 e. The van der Waals surface area contributed by atoms with E-state index in [1.165, 1.54) is 30.0 Å². The van der Waals surface area contributed by atoms with E-state index in [9.17, 15) is 14.0 Å². The number of carbonyl (C=O) groups excluding carboxylic acids is 1. The van der Waals surface area contributed by atoms with Crippen molar-refractivity contribution in [1.82, 2.24) is 5.32 Å². The van der Waals surface area contributed by atoms with Gasteiger partial charge in [-0.1, -0.05) is 12.1 Å². The topological polar surface area (TPSA) is 71.7 Å². The quantitative estimate of drug-likeness (QED) is 0.553. The molecule has 1 aromatic heterocycles. The Morgan fingerprint density at radius 2 is 1.85 bits per heavy atom. The van der Waals surface area contributed by atoms with Crippen molar-refractivity contribution in [3.05, 3.63) is 81.3 Å². The molecule has 1 amide bonds. The van der Waals surface area contributed by atoms with Crippen LogP contribution >= 0.6 is 11.8 Å². The highest BCUT2D eigenvalue weighted by Gasteiger charge is 2.23. The van der Waals surface area contributed by atoms with Crippen LogP contribution in [0.4, 0.5) is 10.1 Å². The van der Waals surface area contributed by atoms with Crippen LogP contribution in [0.15, 0.2) is 73.7 Å². The molecule has 2 heterocycles. The van der Waals surface area contributed by atoms with Gasteiger partial charge in [0, 0.05) is 11.5 Å². The van der Waals surface area contributed by atoms with Crippen LogP contribution in [0.2, 0.25) is 0 Å². The Morgan fingerprint density at radius 3 is 2.65 bits per heavy atom. The van der Waals surface area contributed by atoms with Crippen LogP contribution in [0.5, 0.6) is 0 Å². The highest BCUT2D eigenvalue weighted by Crippen LogP contribution is 2.29. The van der Waals surface area contributed by atoms with Crippen LogP contribution in [0.3, 0.4) is 0 Å². The minimum atomic E-state index is -0.411. The van der Waals surface area contributed by atoms with Gasteiger partial charge in [0.2, 0.25) is 0 Å². The molecule has 26 heavy (non-hydrogen) atoms. The zero-order valence-corrected chi connectivity index (χ0v) is 14.0. The summed E-state index contributed by atoms with van der Waals surface area (Å²) in [4.78, 5) is 28.2. The maximum atomic E-state index is 13.0. The van der Waals surface area contributed by atoms with E-state index >= 15 is 0 Å². The summed E-state index contributed by atoms with van der Waals surface area (Å²) < 4.78 is 18.0. The lowest BCUT2D eigenvalue weighted by Gasteiger charge is -1.99. The zero-order valence-electron chi connectivity index (χ0n) is 13.2. The normalized spacial score (nSPS) is 17.2. The number of carbonyl (C=O) groups is 1. The number of aliphatic imine (C=N–C) groups is 1. The number of nitrogens with one attached hydrogen (secondary N) is 1. The summed E-state index contributed by atoms with van der Waals surface area (Å²) in [5.74, 6) is -0.588. The van der Waals surface area contributed by atoms with Gasteiger partial charge in [-0.3, -0.25) is 4.79 Å². The Kier molecular flexibility index (Phi) is 4.14. The Balaban J connectivity index is 1.60. The third-order valence-corrected chi connectivity index (χ3v) is 4.56. The third kappa shape index (κ3) is 3.43. The molecule has 0 unspecified atom stereocenters. The zero-order chi connectivity index (χ0) is 18.1. The Bertz CT molecular complexity index is 1130. The highest BCUT2D eigenvalue weighted by atomic mass is 32.2. The summed E-state index contributed by atoms with van der Waals surface area (Å²) in [6.07, 6.45) is 1.68. The lowest BCUT2D eigenvalue weighted by molar-refractivity contribution is -0.115. The third-order valence-electron chi connectivity index (χ3n) is 3.65. The molecule has 1 saturated heterocycles. The van der Waals surface area contributed by atoms with Crippen molar-refractivity contribution < 1.29 is 13.6 Å². The lowest BCUT2D eigenvalue weighted by Crippen LogP contribution is -2.19. The largest absolute Gasteiger partial charge is 0.423 e. The molecular formula is C19H11FN2O3S. The number of halogens is 1. The van der Waals surface area contributed by atoms with Crippen LogP contribution in [0, 0.1) is 5.82 Å². The average molecular weight is 366 g/mol. The summed E-state index contributed by atoms with van der Waals surface area (Å²) >= 11 is 1.20. The van der Waals surface area contributed by atoms with Crippen LogP contribution in [0.25, 0.3) is 17.0 Å². The predicted octanol–water partition coefficient (Wildman–Crippen LogP) is 3.82. The number of hydrogen-bond donors (Lipinski definition) is 1. The van der Waals surface area contributed by atoms with Gasteiger partial charge >= 0.3 is 5.63 Å². The van der Waals surface area contributed by atoms with Gasteiger partial charge in [0.1, 0.15) is 11.4 Å². The lowest BCUT2D eigenvalue weighted by atomic mass is 10.2. The first-order chi connectivity index (χ1) is 12.6. The molecule has 2 aromatic carbocycles. The van der Waals surface area contributed by atoms with E-state index < -0.39 is 5.63 Å². The van der Waals surface area contributed by atoms with Crippen LogP contribution in [-0.4, -0.2) is 11.1 Å². The summed E-state index contributed by atoms with van der Waals surface area (Å²) in [5.41, 5.74) is 1.41. The molecule has 1 fully saturated rings. The second kappa shape index (κ2) is 6.61. The molecule has 3 aromatic rings. The summed E-state index contributed by atoms with van der Waals surface area (Å²) in [6.45, 7) is 0. The van der Waals surface area contributed by atoms with Crippen molar-refractivity contribution in [3.63, 3.8) is 0 Å². The van der Waals surface area contributed by atoms with Crippen LogP contribution in [0.1, 0.15) is 5.56 Å². The van der Waals surface area contributed by atoms with E-state index in [4.69, 9.17) is 4.42 Å². The van der Waals surface area contributed by atoms with Crippen molar-refractivity contribution in [2.45, 2.75) is 0 Å². The van der Waals surface area contributed by atoms with Gasteiger partial charge < -0.3 is 9.73 Å². The number of amides is 1. The molecule has 1 aliphatic rings. The van der Waals surface area contributed by atoms with Crippen molar-refractivity contribution in [1.29, 1.82) is 0 Å². The number of rotatable bonds is 2. The smallest absolute Gasteiger partial charge is 0.336 e. The van der Waals surface area contributed by atoms with Crippen molar-refractivity contribution in [2.75, 3.05) is 0 Å². The van der Waals surface area contributed by atoms with E-state index in [0.717, 1.165) is 10.9 Å². The van der Waals surface area contributed by atoms with E-state index in [1.54, 1.807) is 42.5 Å². The average Bonchev–Trinajstić information content (AvgIpc) is 2.96. The number of hydrogen-bond acceptors (Lipinski definition) is 5. The second-order valence-electron chi connectivity index (χ2n) is 5.51. The van der Waals surface area contributed by atoms with Crippen molar-refractivity contribution in [3.8, 4) is 0 Å². The summed E-state index contributed by atoms with van der Waals surface area (Å²) in [6, 6.07) is 14.0. The van der Waals surface area contributed by atoms with Gasteiger partial charge in [0.15, 0.2) is 5.17 Å². The monoisotopic (exact) mass is 366 g/mol.